The predicted octanol–water partition coefficient (Wildman–Crippen LogP) is 6.22. The number of hydrogen-bond acceptors (Lipinski definition) is 3. The third-order valence-corrected chi connectivity index (χ3v) is 5.68. The molecule has 0 aliphatic rings. The van der Waals surface area contributed by atoms with Crippen molar-refractivity contribution in [1.29, 1.82) is 0 Å². The number of aryl methyl sites for hydroxylation is 1. The molecule has 0 saturated heterocycles. The van der Waals surface area contributed by atoms with Gasteiger partial charge in [-0.1, -0.05) is 55.5 Å². The molecule has 5 nitrogen and oxygen atoms in total. The minimum atomic E-state index is -4.52. The Hall–Kier alpha value is -3.81. The molecule has 1 atom stereocenters. The maximum absolute atomic E-state index is 13.5. The van der Waals surface area contributed by atoms with Gasteiger partial charge < -0.3 is 15.2 Å². The molecule has 0 saturated carbocycles. The van der Waals surface area contributed by atoms with Crippen molar-refractivity contribution in [2.45, 2.75) is 32.4 Å². The summed E-state index contributed by atoms with van der Waals surface area (Å²) in [7, 11) is 0. The normalized spacial score (nSPS) is 12.1. The van der Waals surface area contributed by atoms with Gasteiger partial charge in [-0.05, 0) is 59.7 Å². The molecule has 0 bridgehead atoms. The van der Waals surface area contributed by atoms with Gasteiger partial charge in [-0.15, -0.1) is 0 Å². The number of carboxylic acids is 1. The summed E-state index contributed by atoms with van der Waals surface area (Å²) < 4.78 is 46.3. The van der Waals surface area contributed by atoms with Gasteiger partial charge in [0.25, 0.3) is 5.91 Å². The van der Waals surface area contributed by atoms with Crippen molar-refractivity contribution < 1.29 is 32.6 Å². The van der Waals surface area contributed by atoms with E-state index in [9.17, 15) is 22.8 Å². The van der Waals surface area contributed by atoms with Crippen molar-refractivity contribution in [2.24, 2.45) is 5.92 Å². The molecule has 0 heterocycles. The fraction of sp³-hybridized carbons (Fsp3) is 0.286. The fourth-order valence-electron chi connectivity index (χ4n) is 3.62. The Balaban J connectivity index is 1.57. The molecule has 2 N–H and O–H groups in total. The molecule has 0 aliphatic heterocycles. The number of aliphatic carboxylic acids is 1. The number of ether oxygens (including phenoxy) is 1. The van der Waals surface area contributed by atoms with Crippen LogP contribution in [0.2, 0.25) is 0 Å². The standard InChI is InChI=1S/C28H28F3NO4/c1-19(7-8-20-9-11-22(12-10-20)27(35)32-16-15-26(33)34)18-36-25-17-23(21-5-3-2-4-6-21)13-14-24(25)28(29,30)31/h2-6,9-14,17,19H,7-8,15-16,18H2,1H3,(H,32,35)(H,33,34). The number of rotatable bonds is 11. The third-order valence-electron chi connectivity index (χ3n) is 5.68. The maximum Gasteiger partial charge on any atom is 0.419 e. The van der Waals surface area contributed by atoms with Crippen LogP contribution in [0.1, 0.15) is 41.3 Å². The molecule has 3 aromatic rings. The van der Waals surface area contributed by atoms with Crippen LogP contribution in [0.15, 0.2) is 72.8 Å². The first-order valence-electron chi connectivity index (χ1n) is 11.6. The van der Waals surface area contributed by atoms with Gasteiger partial charge in [0.15, 0.2) is 0 Å². The number of amides is 1. The van der Waals surface area contributed by atoms with Crippen LogP contribution in [0.5, 0.6) is 5.75 Å². The molecule has 8 heteroatoms. The Morgan fingerprint density at radius 1 is 0.972 bits per heavy atom. The summed E-state index contributed by atoms with van der Waals surface area (Å²) in [6, 6.07) is 20.1. The average molecular weight is 500 g/mol. The van der Waals surface area contributed by atoms with Crippen molar-refractivity contribution in [1.82, 2.24) is 5.32 Å². The number of carboxylic acid groups (broad SMARTS) is 1. The quantitative estimate of drug-likeness (QED) is 0.328. The molecule has 3 rings (SSSR count). The summed E-state index contributed by atoms with van der Waals surface area (Å²) in [4.78, 5) is 22.6. The number of benzene rings is 3. The van der Waals surface area contributed by atoms with Gasteiger partial charge in [0.1, 0.15) is 5.75 Å². The van der Waals surface area contributed by atoms with Crippen molar-refractivity contribution in [3.63, 3.8) is 0 Å². The zero-order chi connectivity index (χ0) is 26.1. The van der Waals surface area contributed by atoms with E-state index in [1.54, 1.807) is 12.1 Å². The van der Waals surface area contributed by atoms with E-state index in [0.717, 1.165) is 17.2 Å². The SMILES string of the molecule is CC(CCc1ccc(C(=O)NCCC(=O)O)cc1)COc1cc(-c2ccccc2)ccc1C(F)(F)F. The molecule has 0 fully saturated rings. The lowest BCUT2D eigenvalue weighted by Crippen LogP contribution is -2.25. The lowest BCUT2D eigenvalue weighted by Gasteiger charge is -2.18. The van der Waals surface area contributed by atoms with Gasteiger partial charge in [-0.2, -0.15) is 13.2 Å². The van der Waals surface area contributed by atoms with Crippen LogP contribution in [-0.2, 0) is 17.4 Å². The molecular weight excluding hydrogens is 471 g/mol. The summed E-state index contributed by atoms with van der Waals surface area (Å²) in [5.74, 6) is -1.52. The van der Waals surface area contributed by atoms with Gasteiger partial charge >= 0.3 is 12.1 Å². The third kappa shape index (κ3) is 7.86. The largest absolute Gasteiger partial charge is 0.493 e. The monoisotopic (exact) mass is 499 g/mol. The minimum Gasteiger partial charge on any atom is -0.493 e. The van der Waals surface area contributed by atoms with E-state index in [2.05, 4.69) is 5.32 Å². The Kier molecular flexibility index (Phi) is 9.11. The average Bonchev–Trinajstić information content (AvgIpc) is 2.86. The first kappa shape index (κ1) is 26.8. The Labute approximate surface area is 207 Å². The molecule has 0 radical (unpaired) electrons. The molecule has 190 valence electrons. The van der Waals surface area contributed by atoms with Crippen LogP contribution in [0.25, 0.3) is 11.1 Å². The van der Waals surface area contributed by atoms with Crippen molar-refractivity contribution in [3.8, 4) is 16.9 Å². The lowest BCUT2D eigenvalue weighted by atomic mass is 10.0. The van der Waals surface area contributed by atoms with Crippen LogP contribution in [-0.4, -0.2) is 30.1 Å². The summed E-state index contributed by atoms with van der Waals surface area (Å²) in [6.45, 7) is 2.10. The van der Waals surface area contributed by atoms with Crippen molar-refractivity contribution in [2.75, 3.05) is 13.2 Å². The highest BCUT2D eigenvalue weighted by atomic mass is 19.4. The minimum absolute atomic E-state index is 0.00883. The molecule has 3 aromatic carbocycles. The molecule has 36 heavy (non-hydrogen) atoms. The molecule has 1 unspecified atom stereocenters. The number of halogens is 3. The predicted molar refractivity (Wildman–Crippen MR) is 131 cm³/mol. The Bertz CT molecular complexity index is 1160. The fourth-order valence-corrected chi connectivity index (χ4v) is 3.62. The van der Waals surface area contributed by atoms with Crippen molar-refractivity contribution >= 4 is 11.9 Å². The Morgan fingerprint density at radius 2 is 1.67 bits per heavy atom. The smallest absolute Gasteiger partial charge is 0.419 e. The van der Waals surface area contributed by atoms with Crippen LogP contribution in [0, 0.1) is 5.92 Å². The Morgan fingerprint density at radius 3 is 2.31 bits per heavy atom. The van der Waals surface area contributed by atoms with Crippen LogP contribution in [0.4, 0.5) is 13.2 Å². The molecule has 1 amide bonds. The number of carbonyl (C=O) groups excluding carboxylic acids is 1. The van der Waals surface area contributed by atoms with E-state index >= 15 is 0 Å². The van der Waals surface area contributed by atoms with E-state index in [1.807, 2.05) is 49.4 Å². The van der Waals surface area contributed by atoms with Crippen LogP contribution in [0.3, 0.4) is 0 Å². The maximum atomic E-state index is 13.5. The molecule has 0 aromatic heterocycles. The van der Waals surface area contributed by atoms with E-state index in [0.29, 0.717) is 24.0 Å². The summed E-state index contributed by atoms with van der Waals surface area (Å²) in [5, 5.41) is 11.2. The molecular formula is C28H28F3NO4. The van der Waals surface area contributed by atoms with Gasteiger partial charge in [-0.25, -0.2) is 0 Å². The first-order valence-corrected chi connectivity index (χ1v) is 11.6. The van der Waals surface area contributed by atoms with Crippen LogP contribution < -0.4 is 10.1 Å². The van der Waals surface area contributed by atoms with Gasteiger partial charge in [0.2, 0.25) is 0 Å². The lowest BCUT2D eigenvalue weighted by molar-refractivity contribution is -0.139. The van der Waals surface area contributed by atoms with E-state index in [4.69, 9.17) is 9.84 Å². The highest BCUT2D eigenvalue weighted by Gasteiger charge is 2.34. The number of nitrogens with one attached hydrogen (secondary N) is 1. The summed E-state index contributed by atoms with van der Waals surface area (Å²) >= 11 is 0. The first-order chi connectivity index (χ1) is 17.1. The number of hydrogen-bond donors (Lipinski definition) is 2. The van der Waals surface area contributed by atoms with E-state index in [1.165, 1.54) is 12.1 Å². The van der Waals surface area contributed by atoms with Gasteiger partial charge in [-0.3, -0.25) is 9.59 Å². The highest BCUT2D eigenvalue weighted by molar-refractivity contribution is 5.94. The topological polar surface area (TPSA) is 75.6 Å². The van der Waals surface area contributed by atoms with Gasteiger partial charge in [0, 0.05) is 12.1 Å². The second-order valence-corrected chi connectivity index (χ2v) is 8.63. The second-order valence-electron chi connectivity index (χ2n) is 8.63. The van der Waals surface area contributed by atoms with Crippen LogP contribution >= 0.6 is 0 Å². The summed E-state index contributed by atoms with van der Waals surface area (Å²) in [5.41, 5.74) is 2.07. The molecule has 0 aliphatic carbocycles. The number of alkyl halides is 3. The van der Waals surface area contributed by atoms with Gasteiger partial charge in [0.05, 0.1) is 18.6 Å². The molecule has 0 spiro atoms. The second kappa shape index (κ2) is 12.2. The zero-order valence-corrected chi connectivity index (χ0v) is 19.8. The highest BCUT2D eigenvalue weighted by Crippen LogP contribution is 2.38. The van der Waals surface area contributed by atoms with E-state index in [-0.39, 0.29) is 37.1 Å². The van der Waals surface area contributed by atoms with E-state index < -0.39 is 17.7 Å². The number of carbonyl (C=O) groups is 2. The van der Waals surface area contributed by atoms with Crippen molar-refractivity contribution in [3.05, 3.63) is 89.5 Å². The summed E-state index contributed by atoms with van der Waals surface area (Å²) in [6.07, 6.45) is -3.31. The zero-order valence-electron chi connectivity index (χ0n) is 19.8.